The number of aliphatic hydroxyl groups is 1. The molecule has 3 fully saturated rings. The van der Waals surface area contributed by atoms with E-state index in [0.29, 0.717) is 12.8 Å². The third-order valence-corrected chi connectivity index (χ3v) is 8.96. The van der Waals surface area contributed by atoms with Crippen LogP contribution in [0.1, 0.15) is 46.5 Å². The second-order valence-electron chi connectivity index (χ2n) is 10.7. The molecule has 0 aromatic carbocycles. The molecule has 0 aromatic rings. The summed E-state index contributed by atoms with van der Waals surface area (Å²) >= 11 is 0. The number of rotatable bonds is 4. The van der Waals surface area contributed by atoms with E-state index in [-0.39, 0.29) is 36.0 Å². The predicted molar refractivity (Wildman–Crippen MR) is 119 cm³/mol. The zero-order valence-electron chi connectivity index (χ0n) is 20.3. The molecule has 1 unspecified atom stereocenters. The Balaban J connectivity index is 1.89. The minimum absolute atomic E-state index is 0.220. The summed E-state index contributed by atoms with van der Waals surface area (Å²) in [5.41, 5.74) is -3.11. The van der Waals surface area contributed by atoms with Crippen LogP contribution in [0.5, 0.6) is 0 Å². The molecule has 4 aliphatic rings. The molecule has 10 heteroatoms. The number of esters is 2. The highest BCUT2D eigenvalue weighted by Gasteiger charge is 2.72. The van der Waals surface area contributed by atoms with E-state index in [0.717, 1.165) is 12.5 Å². The van der Waals surface area contributed by atoms with E-state index in [1.165, 1.54) is 12.2 Å². The summed E-state index contributed by atoms with van der Waals surface area (Å²) in [5.74, 6) is -5.55. The quantitative estimate of drug-likeness (QED) is 0.456. The van der Waals surface area contributed by atoms with Crippen molar-refractivity contribution in [3.05, 3.63) is 36.0 Å². The van der Waals surface area contributed by atoms with Crippen LogP contribution in [0.3, 0.4) is 0 Å². The number of carbonyl (C=O) groups is 4. The van der Waals surface area contributed by atoms with E-state index in [2.05, 4.69) is 6.58 Å². The van der Waals surface area contributed by atoms with Gasteiger partial charge >= 0.3 is 18.1 Å². The maximum Gasteiger partial charge on any atom is 0.490 e. The van der Waals surface area contributed by atoms with Crippen LogP contribution in [0.25, 0.3) is 0 Å². The first-order chi connectivity index (χ1) is 16.6. The molecular formula is C26H29F3O7. The van der Waals surface area contributed by atoms with Crippen LogP contribution in [-0.4, -0.2) is 53.1 Å². The van der Waals surface area contributed by atoms with Crippen LogP contribution in [0.2, 0.25) is 0 Å². The highest BCUT2D eigenvalue weighted by Crippen LogP contribution is 2.69. The molecular weight excluding hydrogens is 481 g/mol. The van der Waals surface area contributed by atoms with Crippen molar-refractivity contribution in [2.45, 2.75) is 64.3 Å². The fourth-order valence-electron chi connectivity index (χ4n) is 7.63. The normalized spacial score (nSPS) is 39.5. The van der Waals surface area contributed by atoms with E-state index < -0.39 is 59.0 Å². The number of alkyl halides is 3. The zero-order chi connectivity index (χ0) is 26.8. The van der Waals surface area contributed by atoms with Crippen LogP contribution in [0.15, 0.2) is 36.0 Å². The van der Waals surface area contributed by atoms with E-state index in [1.54, 1.807) is 13.0 Å². The van der Waals surface area contributed by atoms with Gasteiger partial charge in [-0.25, -0.2) is 4.79 Å². The van der Waals surface area contributed by atoms with Gasteiger partial charge in [0, 0.05) is 23.7 Å². The first-order valence-corrected chi connectivity index (χ1v) is 11.9. The number of Topliss-reactive ketones (excluding diaryl/α,β-unsaturated/α-hetero) is 1. The van der Waals surface area contributed by atoms with Crippen molar-refractivity contribution in [1.29, 1.82) is 0 Å². The third kappa shape index (κ3) is 3.59. The van der Waals surface area contributed by atoms with E-state index in [4.69, 9.17) is 9.47 Å². The fourth-order valence-corrected chi connectivity index (χ4v) is 7.63. The molecule has 0 saturated heterocycles. The monoisotopic (exact) mass is 510 g/mol. The minimum Gasteiger partial charge on any atom is -0.455 e. The molecule has 0 spiro atoms. The van der Waals surface area contributed by atoms with Gasteiger partial charge in [0.15, 0.2) is 11.4 Å². The molecule has 36 heavy (non-hydrogen) atoms. The van der Waals surface area contributed by atoms with E-state index in [1.807, 2.05) is 6.92 Å². The third-order valence-electron chi connectivity index (χ3n) is 8.96. The highest BCUT2D eigenvalue weighted by molar-refractivity contribution is 6.01. The molecule has 0 aliphatic heterocycles. The van der Waals surface area contributed by atoms with Gasteiger partial charge in [0.25, 0.3) is 0 Å². The van der Waals surface area contributed by atoms with Gasteiger partial charge in [0.2, 0.25) is 5.78 Å². The van der Waals surface area contributed by atoms with Crippen molar-refractivity contribution >= 4 is 23.5 Å². The van der Waals surface area contributed by atoms with Crippen molar-refractivity contribution in [1.82, 2.24) is 0 Å². The average Bonchev–Trinajstić information content (AvgIpc) is 2.99. The van der Waals surface area contributed by atoms with Gasteiger partial charge in [-0.05, 0) is 55.2 Å². The van der Waals surface area contributed by atoms with E-state index in [9.17, 15) is 37.5 Å². The molecule has 0 bridgehead atoms. The van der Waals surface area contributed by atoms with Gasteiger partial charge in [0.1, 0.15) is 12.7 Å². The number of aliphatic hydroxyl groups excluding tert-OH is 1. The van der Waals surface area contributed by atoms with Crippen molar-refractivity contribution < 1.29 is 46.9 Å². The smallest absolute Gasteiger partial charge is 0.455 e. The number of halogens is 3. The van der Waals surface area contributed by atoms with Gasteiger partial charge < -0.3 is 14.6 Å². The molecule has 0 heterocycles. The molecule has 0 aromatic heterocycles. The summed E-state index contributed by atoms with van der Waals surface area (Å²) in [7, 11) is 0. The molecule has 3 saturated carbocycles. The lowest BCUT2D eigenvalue weighted by Crippen LogP contribution is -2.64. The average molecular weight is 511 g/mol. The van der Waals surface area contributed by atoms with Gasteiger partial charge in [-0.15, -0.1) is 0 Å². The summed E-state index contributed by atoms with van der Waals surface area (Å²) in [5, 5.41) is 9.80. The molecule has 1 N–H and O–H groups in total. The summed E-state index contributed by atoms with van der Waals surface area (Å²) in [6.07, 6.45) is -1.08. The van der Waals surface area contributed by atoms with Crippen molar-refractivity contribution in [3.8, 4) is 0 Å². The van der Waals surface area contributed by atoms with Gasteiger partial charge in [-0.2, -0.15) is 13.2 Å². The topological polar surface area (TPSA) is 107 Å². The maximum absolute atomic E-state index is 13.3. The number of hydrogen-bond donors (Lipinski definition) is 1. The summed E-state index contributed by atoms with van der Waals surface area (Å²) in [6, 6.07) is 0. The molecule has 0 amide bonds. The highest BCUT2D eigenvalue weighted by atomic mass is 19.4. The van der Waals surface area contributed by atoms with Crippen LogP contribution in [0.4, 0.5) is 13.2 Å². The second-order valence-corrected chi connectivity index (χ2v) is 10.7. The Hall–Kier alpha value is -2.75. The lowest BCUT2D eigenvalue weighted by Gasteiger charge is -2.60. The largest absolute Gasteiger partial charge is 0.490 e. The van der Waals surface area contributed by atoms with E-state index >= 15 is 0 Å². The Bertz CT molecular complexity index is 1110. The summed E-state index contributed by atoms with van der Waals surface area (Å²) in [6.45, 7) is 7.59. The van der Waals surface area contributed by atoms with Gasteiger partial charge in [-0.3, -0.25) is 14.4 Å². The molecule has 7 atom stereocenters. The molecule has 196 valence electrons. The molecule has 7 nitrogen and oxygen atoms in total. The SMILES string of the molecule is C=C1C[C@H]2[C@@H]3CCC4=CC(=O)C=C[C@]4(C)[C@H]3C(OC(=O)C(F)(F)F)C[C@]2(C)[C@@]1(OC(C)=O)C(=O)CO. The molecule has 4 rings (SSSR count). The first kappa shape index (κ1) is 26.3. The minimum atomic E-state index is -5.24. The Morgan fingerprint density at radius 3 is 2.50 bits per heavy atom. The van der Waals surface area contributed by atoms with Crippen molar-refractivity contribution in [3.63, 3.8) is 0 Å². The predicted octanol–water partition coefficient (Wildman–Crippen LogP) is 3.41. The number of carbonyl (C=O) groups excluding carboxylic acids is 4. The van der Waals surface area contributed by atoms with Crippen molar-refractivity contribution in [2.75, 3.05) is 6.61 Å². The van der Waals surface area contributed by atoms with Gasteiger partial charge in [-0.1, -0.05) is 32.1 Å². The fraction of sp³-hybridized carbons (Fsp3) is 0.615. The maximum atomic E-state index is 13.3. The van der Waals surface area contributed by atoms with Crippen LogP contribution < -0.4 is 0 Å². The number of ketones is 2. The van der Waals surface area contributed by atoms with Gasteiger partial charge in [0.05, 0.1) is 0 Å². The summed E-state index contributed by atoms with van der Waals surface area (Å²) < 4.78 is 50.7. The Labute approximate surface area is 206 Å². The lowest BCUT2D eigenvalue weighted by molar-refractivity contribution is -0.226. The standard InChI is InChI=1S/C26H29F3O7/c1-13-9-18-17-6-5-15-10-16(32)7-8-23(15,3)21(17)19(35-22(34)26(27,28)29)11-24(18,4)25(13,20(33)12-30)36-14(2)31/h7-8,10,17-19,21,30H,1,5-6,9,11-12H2,2-4H3/t17-,18-,19?,21+,23-,24-,25-/m0/s1. The Kier molecular flexibility index (Phi) is 6.14. The van der Waals surface area contributed by atoms with Crippen LogP contribution in [-0.2, 0) is 28.7 Å². The first-order valence-electron chi connectivity index (χ1n) is 11.9. The lowest BCUT2D eigenvalue weighted by atomic mass is 9.46. The number of ether oxygens (including phenoxy) is 2. The van der Waals surface area contributed by atoms with Crippen LogP contribution in [0, 0.1) is 28.6 Å². The number of allylic oxidation sites excluding steroid dienone is 4. The number of fused-ring (bicyclic) bond motifs is 5. The van der Waals surface area contributed by atoms with Crippen molar-refractivity contribution in [2.24, 2.45) is 28.6 Å². The molecule has 4 aliphatic carbocycles. The zero-order valence-corrected chi connectivity index (χ0v) is 20.3. The number of hydrogen-bond acceptors (Lipinski definition) is 7. The molecule has 0 radical (unpaired) electrons. The second kappa shape index (κ2) is 8.39. The van der Waals surface area contributed by atoms with Crippen LogP contribution >= 0.6 is 0 Å². The Morgan fingerprint density at radius 2 is 1.92 bits per heavy atom. The summed E-state index contributed by atoms with van der Waals surface area (Å²) in [4.78, 5) is 49.5. The Morgan fingerprint density at radius 1 is 1.25 bits per heavy atom.